The van der Waals surface area contributed by atoms with Crippen LogP contribution < -0.4 is 10.1 Å². The SMILES string of the molecule is COC(=O)c1cc(CNC(=O)C2Cc3cc(C)c(C)cc3O2)oc1C. The van der Waals surface area contributed by atoms with Gasteiger partial charge in [-0.3, -0.25) is 4.79 Å². The monoisotopic (exact) mass is 343 g/mol. The number of hydrogen-bond acceptors (Lipinski definition) is 5. The molecule has 0 fully saturated rings. The molecule has 1 aromatic carbocycles. The fraction of sp³-hybridized carbons (Fsp3) is 0.368. The Labute approximate surface area is 146 Å². The Kier molecular flexibility index (Phi) is 4.53. The Balaban J connectivity index is 1.62. The van der Waals surface area contributed by atoms with Gasteiger partial charge in [-0.15, -0.1) is 0 Å². The number of rotatable bonds is 4. The van der Waals surface area contributed by atoms with E-state index in [2.05, 4.69) is 16.1 Å². The Bertz CT molecular complexity index is 806. The first-order chi connectivity index (χ1) is 11.9. The lowest BCUT2D eigenvalue weighted by molar-refractivity contribution is -0.127. The van der Waals surface area contributed by atoms with Crippen LogP contribution in [-0.4, -0.2) is 25.1 Å². The van der Waals surface area contributed by atoms with Crippen molar-refractivity contribution >= 4 is 11.9 Å². The van der Waals surface area contributed by atoms with Gasteiger partial charge in [-0.25, -0.2) is 4.79 Å². The second kappa shape index (κ2) is 6.63. The highest BCUT2D eigenvalue weighted by atomic mass is 16.5. The molecule has 0 aliphatic carbocycles. The molecule has 0 saturated carbocycles. The molecule has 1 atom stereocenters. The Hall–Kier alpha value is -2.76. The molecule has 1 aliphatic rings. The van der Waals surface area contributed by atoms with E-state index in [-0.39, 0.29) is 12.5 Å². The molecule has 0 saturated heterocycles. The highest BCUT2D eigenvalue weighted by Gasteiger charge is 2.29. The molecule has 0 radical (unpaired) electrons. The number of hydrogen-bond donors (Lipinski definition) is 1. The van der Waals surface area contributed by atoms with Gasteiger partial charge in [0.05, 0.1) is 13.7 Å². The lowest BCUT2D eigenvalue weighted by atomic mass is 10.0. The molecule has 6 nitrogen and oxygen atoms in total. The van der Waals surface area contributed by atoms with Gasteiger partial charge in [0.15, 0.2) is 6.10 Å². The fourth-order valence-corrected chi connectivity index (χ4v) is 2.89. The van der Waals surface area contributed by atoms with Crippen molar-refractivity contribution in [2.75, 3.05) is 7.11 Å². The predicted octanol–water partition coefficient (Wildman–Crippen LogP) is 2.61. The van der Waals surface area contributed by atoms with Crippen molar-refractivity contribution in [3.05, 3.63) is 52.0 Å². The van der Waals surface area contributed by atoms with E-state index in [0.717, 1.165) is 16.9 Å². The van der Waals surface area contributed by atoms with Gasteiger partial charge < -0.3 is 19.2 Å². The molecule has 3 rings (SSSR count). The van der Waals surface area contributed by atoms with Crippen molar-refractivity contribution in [2.45, 2.75) is 39.8 Å². The molecule has 1 N–H and O–H groups in total. The van der Waals surface area contributed by atoms with Crippen LogP contribution in [0.15, 0.2) is 22.6 Å². The smallest absolute Gasteiger partial charge is 0.341 e. The van der Waals surface area contributed by atoms with E-state index in [1.807, 2.05) is 19.9 Å². The van der Waals surface area contributed by atoms with Crippen LogP contribution in [-0.2, 0) is 22.5 Å². The van der Waals surface area contributed by atoms with E-state index < -0.39 is 12.1 Å². The minimum absolute atomic E-state index is 0.185. The van der Waals surface area contributed by atoms with E-state index in [1.165, 1.54) is 12.7 Å². The van der Waals surface area contributed by atoms with Gasteiger partial charge in [-0.05, 0) is 49.6 Å². The van der Waals surface area contributed by atoms with Gasteiger partial charge in [-0.2, -0.15) is 0 Å². The molecule has 0 spiro atoms. The zero-order valence-electron chi connectivity index (χ0n) is 14.8. The lowest BCUT2D eigenvalue weighted by Crippen LogP contribution is -2.36. The number of nitrogens with one attached hydrogen (secondary N) is 1. The second-order valence-corrected chi connectivity index (χ2v) is 6.25. The van der Waals surface area contributed by atoms with Crippen molar-refractivity contribution in [2.24, 2.45) is 0 Å². The van der Waals surface area contributed by atoms with E-state index in [4.69, 9.17) is 9.15 Å². The molecular formula is C19H21NO5. The molecule has 25 heavy (non-hydrogen) atoms. The summed E-state index contributed by atoms with van der Waals surface area (Å²) >= 11 is 0. The zero-order valence-corrected chi connectivity index (χ0v) is 14.8. The minimum atomic E-state index is -0.549. The van der Waals surface area contributed by atoms with Crippen LogP contribution in [0.4, 0.5) is 0 Å². The summed E-state index contributed by atoms with van der Waals surface area (Å²) in [7, 11) is 1.31. The summed E-state index contributed by atoms with van der Waals surface area (Å²) in [6.07, 6.45) is -0.000270. The normalized spacial score (nSPS) is 15.4. The van der Waals surface area contributed by atoms with Crippen molar-refractivity contribution in [3.8, 4) is 5.75 Å². The number of carbonyl (C=O) groups is 2. The molecular weight excluding hydrogens is 322 g/mol. The van der Waals surface area contributed by atoms with Crippen LogP contribution in [0.2, 0.25) is 0 Å². The van der Waals surface area contributed by atoms with Gasteiger partial charge >= 0.3 is 5.97 Å². The summed E-state index contributed by atoms with van der Waals surface area (Å²) in [6.45, 7) is 5.93. The van der Waals surface area contributed by atoms with Gasteiger partial charge in [0.2, 0.25) is 0 Å². The summed E-state index contributed by atoms with van der Waals surface area (Å²) in [6, 6.07) is 5.62. The summed E-state index contributed by atoms with van der Waals surface area (Å²) in [5, 5.41) is 2.79. The van der Waals surface area contributed by atoms with Gasteiger partial charge in [0.1, 0.15) is 22.8 Å². The molecule has 6 heteroatoms. The van der Waals surface area contributed by atoms with Crippen molar-refractivity contribution < 1.29 is 23.5 Å². The van der Waals surface area contributed by atoms with Crippen molar-refractivity contribution in [1.29, 1.82) is 0 Å². The number of benzene rings is 1. The number of fused-ring (bicyclic) bond motifs is 1. The van der Waals surface area contributed by atoms with Crippen LogP contribution in [0.1, 0.15) is 38.6 Å². The molecule has 2 aromatic rings. The third-order valence-electron chi connectivity index (χ3n) is 4.45. The van der Waals surface area contributed by atoms with Crippen LogP contribution in [0.25, 0.3) is 0 Å². The highest BCUT2D eigenvalue weighted by Crippen LogP contribution is 2.31. The van der Waals surface area contributed by atoms with Crippen LogP contribution in [0.5, 0.6) is 5.75 Å². The first-order valence-corrected chi connectivity index (χ1v) is 8.11. The van der Waals surface area contributed by atoms with E-state index in [1.54, 1.807) is 13.0 Å². The van der Waals surface area contributed by atoms with Gasteiger partial charge in [0, 0.05) is 6.42 Å². The molecule has 1 aliphatic heterocycles. The van der Waals surface area contributed by atoms with Gasteiger partial charge in [0.25, 0.3) is 5.91 Å². The Morgan fingerprint density at radius 2 is 1.92 bits per heavy atom. The highest BCUT2D eigenvalue weighted by molar-refractivity contribution is 5.90. The van der Waals surface area contributed by atoms with Crippen molar-refractivity contribution in [3.63, 3.8) is 0 Å². The zero-order chi connectivity index (χ0) is 18.1. The second-order valence-electron chi connectivity index (χ2n) is 6.25. The third kappa shape index (κ3) is 3.38. The van der Waals surface area contributed by atoms with Crippen LogP contribution in [0.3, 0.4) is 0 Å². The topological polar surface area (TPSA) is 77.8 Å². The molecule has 1 aromatic heterocycles. The van der Waals surface area contributed by atoms with Crippen LogP contribution >= 0.6 is 0 Å². The van der Waals surface area contributed by atoms with E-state index in [0.29, 0.717) is 23.5 Å². The molecule has 1 unspecified atom stereocenters. The number of furan rings is 1. The average molecular weight is 343 g/mol. The largest absolute Gasteiger partial charge is 0.480 e. The standard InChI is InChI=1S/C19H21NO5/c1-10-5-13-7-17(25-16(13)6-11(10)2)18(21)20-9-14-8-15(12(3)24-14)19(22)23-4/h5-6,8,17H,7,9H2,1-4H3,(H,20,21). The Morgan fingerprint density at radius 3 is 2.64 bits per heavy atom. The number of carbonyl (C=O) groups excluding carboxylic acids is 2. The maximum atomic E-state index is 12.4. The number of aryl methyl sites for hydroxylation is 3. The number of ether oxygens (including phenoxy) is 2. The summed E-state index contributed by atoms with van der Waals surface area (Å²) in [5.74, 6) is 1.06. The average Bonchev–Trinajstić information content (AvgIpc) is 3.15. The summed E-state index contributed by atoms with van der Waals surface area (Å²) < 4.78 is 15.9. The van der Waals surface area contributed by atoms with E-state index in [9.17, 15) is 9.59 Å². The number of esters is 1. The predicted molar refractivity (Wildman–Crippen MR) is 90.7 cm³/mol. The first kappa shape index (κ1) is 17.1. The first-order valence-electron chi connectivity index (χ1n) is 8.11. The molecule has 1 amide bonds. The number of amides is 1. The number of methoxy groups -OCH3 is 1. The summed E-state index contributed by atoms with van der Waals surface area (Å²) in [4.78, 5) is 24.0. The van der Waals surface area contributed by atoms with Crippen molar-refractivity contribution in [1.82, 2.24) is 5.32 Å². The van der Waals surface area contributed by atoms with Crippen LogP contribution in [0, 0.1) is 20.8 Å². The molecule has 0 bridgehead atoms. The maximum absolute atomic E-state index is 12.4. The lowest BCUT2D eigenvalue weighted by Gasteiger charge is -2.10. The minimum Gasteiger partial charge on any atom is -0.480 e. The third-order valence-corrected chi connectivity index (χ3v) is 4.45. The molecule has 2 heterocycles. The molecule has 132 valence electrons. The quantitative estimate of drug-likeness (QED) is 0.864. The maximum Gasteiger partial charge on any atom is 0.341 e. The Morgan fingerprint density at radius 1 is 1.20 bits per heavy atom. The fourth-order valence-electron chi connectivity index (χ4n) is 2.89. The van der Waals surface area contributed by atoms with E-state index >= 15 is 0 Å². The summed E-state index contributed by atoms with van der Waals surface area (Å²) in [5.41, 5.74) is 3.73. The van der Waals surface area contributed by atoms with Gasteiger partial charge in [-0.1, -0.05) is 6.07 Å².